The number of hydrogen-bond donors (Lipinski definition) is 1. The van der Waals surface area contributed by atoms with Crippen molar-refractivity contribution >= 4 is 10.0 Å². The average Bonchev–Trinajstić information content (AvgIpc) is 2.86. The highest BCUT2D eigenvalue weighted by atomic mass is 32.2. The van der Waals surface area contributed by atoms with Crippen LogP contribution in [-0.4, -0.2) is 25.0 Å². The topological polar surface area (TPSA) is 81.2 Å². The second-order valence-corrected chi connectivity index (χ2v) is 9.12. The Bertz CT molecular complexity index is 1260. The number of rotatable bonds is 9. The summed E-state index contributed by atoms with van der Waals surface area (Å²) in [7, 11) is -3.80. The summed E-state index contributed by atoms with van der Waals surface area (Å²) in [6.45, 7) is 2.59. The maximum atomic E-state index is 12.9. The summed E-state index contributed by atoms with van der Waals surface area (Å²) in [6, 6.07) is 25.8. The van der Waals surface area contributed by atoms with E-state index in [9.17, 15) is 8.42 Å². The van der Waals surface area contributed by atoms with Gasteiger partial charge in [-0.15, -0.1) is 0 Å². The average molecular weight is 460 g/mol. The Kier molecular flexibility index (Phi) is 7.12. The first-order valence-corrected chi connectivity index (χ1v) is 12.2. The Morgan fingerprint density at radius 2 is 1.45 bits per heavy atom. The molecule has 2 aromatic carbocycles. The van der Waals surface area contributed by atoms with E-state index in [1.807, 2.05) is 67.6 Å². The number of nitrogens with zero attached hydrogens (tertiary/aromatic N) is 2. The first-order valence-electron chi connectivity index (χ1n) is 10.7. The SMILES string of the molecule is CCOc1ccc(-c2ccc(CC(NS(=O)(=O)c3ccccn3)c3ccccn3)cc2)cc1. The van der Waals surface area contributed by atoms with Gasteiger partial charge < -0.3 is 4.74 Å². The lowest BCUT2D eigenvalue weighted by atomic mass is 9.99. The molecular weight excluding hydrogens is 434 g/mol. The van der Waals surface area contributed by atoms with Crippen LogP contribution >= 0.6 is 0 Å². The van der Waals surface area contributed by atoms with Crippen LogP contribution in [0.25, 0.3) is 11.1 Å². The molecule has 0 amide bonds. The van der Waals surface area contributed by atoms with Crippen LogP contribution in [0, 0.1) is 0 Å². The first-order chi connectivity index (χ1) is 16.0. The molecular formula is C26H25N3O3S. The van der Waals surface area contributed by atoms with Crippen LogP contribution in [0.2, 0.25) is 0 Å². The molecule has 0 saturated carbocycles. The molecule has 1 atom stereocenters. The van der Waals surface area contributed by atoms with Gasteiger partial charge in [-0.3, -0.25) is 4.98 Å². The van der Waals surface area contributed by atoms with E-state index in [0.717, 1.165) is 22.4 Å². The predicted octanol–water partition coefficient (Wildman–Crippen LogP) is 4.80. The zero-order valence-corrected chi connectivity index (χ0v) is 19.1. The van der Waals surface area contributed by atoms with Crippen molar-refractivity contribution in [3.63, 3.8) is 0 Å². The molecule has 1 unspecified atom stereocenters. The first kappa shape index (κ1) is 22.6. The van der Waals surface area contributed by atoms with Crippen molar-refractivity contribution in [3.8, 4) is 16.9 Å². The number of hydrogen-bond acceptors (Lipinski definition) is 5. The highest BCUT2D eigenvalue weighted by Gasteiger charge is 2.23. The summed E-state index contributed by atoms with van der Waals surface area (Å²) in [4.78, 5) is 8.37. The van der Waals surface area contributed by atoms with E-state index in [0.29, 0.717) is 18.7 Å². The van der Waals surface area contributed by atoms with Gasteiger partial charge in [0.1, 0.15) is 5.75 Å². The van der Waals surface area contributed by atoms with Gasteiger partial charge in [0.2, 0.25) is 0 Å². The lowest BCUT2D eigenvalue weighted by Crippen LogP contribution is -2.31. The van der Waals surface area contributed by atoms with Gasteiger partial charge in [0.05, 0.1) is 18.3 Å². The molecule has 33 heavy (non-hydrogen) atoms. The third kappa shape index (κ3) is 5.83. The summed E-state index contributed by atoms with van der Waals surface area (Å²) in [5.41, 5.74) is 3.80. The minimum atomic E-state index is -3.80. The Morgan fingerprint density at radius 1 is 0.818 bits per heavy atom. The Labute approximate surface area is 194 Å². The maximum absolute atomic E-state index is 12.9. The Hall–Kier alpha value is -3.55. The zero-order chi connectivity index (χ0) is 23.1. The third-order valence-electron chi connectivity index (χ3n) is 5.15. The van der Waals surface area contributed by atoms with Crippen LogP contribution in [-0.2, 0) is 16.4 Å². The number of benzene rings is 2. The minimum Gasteiger partial charge on any atom is -0.494 e. The Morgan fingerprint density at radius 3 is 2.03 bits per heavy atom. The summed E-state index contributed by atoms with van der Waals surface area (Å²) in [6.07, 6.45) is 3.57. The predicted molar refractivity (Wildman–Crippen MR) is 128 cm³/mol. The monoisotopic (exact) mass is 459 g/mol. The summed E-state index contributed by atoms with van der Waals surface area (Å²) in [5.74, 6) is 0.844. The second-order valence-electron chi connectivity index (χ2n) is 7.45. The second kappa shape index (κ2) is 10.4. The van der Waals surface area contributed by atoms with E-state index in [2.05, 4.69) is 14.7 Å². The van der Waals surface area contributed by atoms with Crippen LogP contribution in [0.4, 0.5) is 0 Å². The van der Waals surface area contributed by atoms with Gasteiger partial charge in [0.25, 0.3) is 10.0 Å². The standard InChI is InChI=1S/C26H25N3O3S/c1-2-32-23-15-13-22(14-16-23)21-11-9-20(10-12-21)19-25(24-7-3-5-17-27-24)29-33(30,31)26-8-4-6-18-28-26/h3-18,25,29H,2,19H2,1H3. The lowest BCUT2D eigenvalue weighted by Gasteiger charge is -2.18. The molecule has 6 nitrogen and oxygen atoms in total. The van der Waals surface area contributed by atoms with Gasteiger partial charge in [0.15, 0.2) is 5.03 Å². The van der Waals surface area contributed by atoms with Gasteiger partial charge in [0, 0.05) is 12.4 Å². The molecule has 2 heterocycles. The largest absolute Gasteiger partial charge is 0.494 e. The smallest absolute Gasteiger partial charge is 0.258 e. The van der Waals surface area contributed by atoms with E-state index >= 15 is 0 Å². The van der Waals surface area contributed by atoms with E-state index in [1.165, 1.54) is 12.3 Å². The fourth-order valence-electron chi connectivity index (χ4n) is 3.52. The van der Waals surface area contributed by atoms with Crippen LogP contribution in [0.3, 0.4) is 0 Å². The number of ether oxygens (including phenoxy) is 1. The van der Waals surface area contributed by atoms with Crippen molar-refractivity contribution in [2.24, 2.45) is 0 Å². The summed E-state index contributed by atoms with van der Waals surface area (Å²) in [5, 5.41) is -0.0169. The van der Waals surface area contributed by atoms with Gasteiger partial charge in [-0.2, -0.15) is 0 Å². The maximum Gasteiger partial charge on any atom is 0.258 e. The van der Waals surface area contributed by atoms with Crippen LogP contribution in [0.1, 0.15) is 24.2 Å². The number of sulfonamides is 1. The number of nitrogens with one attached hydrogen (secondary N) is 1. The molecule has 168 valence electrons. The van der Waals surface area contributed by atoms with Crippen molar-refractivity contribution < 1.29 is 13.2 Å². The number of aromatic nitrogens is 2. The van der Waals surface area contributed by atoms with Crippen LogP contribution < -0.4 is 9.46 Å². The van der Waals surface area contributed by atoms with Gasteiger partial charge in [-0.25, -0.2) is 18.1 Å². The highest BCUT2D eigenvalue weighted by Crippen LogP contribution is 2.25. The molecule has 0 fully saturated rings. The molecule has 0 radical (unpaired) electrons. The van der Waals surface area contributed by atoms with Crippen molar-refractivity contribution in [2.75, 3.05) is 6.61 Å². The molecule has 0 spiro atoms. The fourth-order valence-corrected chi connectivity index (χ4v) is 4.68. The fraction of sp³-hybridized carbons (Fsp3) is 0.154. The quantitative estimate of drug-likeness (QED) is 0.389. The molecule has 0 saturated heterocycles. The summed E-state index contributed by atoms with van der Waals surface area (Å²) >= 11 is 0. The minimum absolute atomic E-state index is 0.0169. The number of pyridine rings is 2. The van der Waals surface area contributed by atoms with Crippen LogP contribution in [0.5, 0.6) is 5.75 Å². The molecule has 7 heteroatoms. The van der Waals surface area contributed by atoms with Gasteiger partial charge >= 0.3 is 0 Å². The zero-order valence-electron chi connectivity index (χ0n) is 18.3. The van der Waals surface area contributed by atoms with Crippen molar-refractivity contribution in [1.82, 2.24) is 14.7 Å². The van der Waals surface area contributed by atoms with Crippen molar-refractivity contribution in [2.45, 2.75) is 24.4 Å². The van der Waals surface area contributed by atoms with E-state index in [-0.39, 0.29) is 5.03 Å². The van der Waals surface area contributed by atoms with Gasteiger partial charge in [-0.05, 0) is 66.4 Å². The molecule has 4 rings (SSSR count). The molecule has 0 aliphatic heterocycles. The molecule has 0 bridgehead atoms. The normalized spacial score (nSPS) is 12.3. The highest BCUT2D eigenvalue weighted by molar-refractivity contribution is 7.89. The van der Waals surface area contributed by atoms with E-state index in [1.54, 1.807) is 24.4 Å². The van der Waals surface area contributed by atoms with Crippen molar-refractivity contribution in [1.29, 1.82) is 0 Å². The third-order valence-corrected chi connectivity index (χ3v) is 6.53. The van der Waals surface area contributed by atoms with Crippen LogP contribution in [0.15, 0.2) is 102 Å². The molecule has 2 aromatic heterocycles. The molecule has 0 aliphatic rings. The molecule has 1 N–H and O–H groups in total. The van der Waals surface area contributed by atoms with Crippen molar-refractivity contribution in [3.05, 3.63) is 109 Å². The van der Waals surface area contributed by atoms with E-state index in [4.69, 9.17) is 4.74 Å². The molecule has 0 aliphatic carbocycles. The van der Waals surface area contributed by atoms with Gasteiger partial charge in [-0.1, -0.05) is 48.5 Å². The lowest BCUT2D eigenvalue weighted by molar-refractivity contribution is 0.340. The Balaban J connectivity index is 1.55. The molecule has 4 aromatic rings. The summed E-state index contributed by atoms with van der Waals surface area (Å²) < 4.78 is 34.1. The van der Waals surface area contributed by atoms with E-state index < -0.39 is 16.1 Å².